The molecule has 0 saturated heterocycles. The van der Waals surface area contributed by atoms with Gasteiger partial charge in [0.15, 0.2) is 5.82 Å². The number of sulfonamides is 1. The molecule has 2 aliphatic carbocycles. The van der Waals surface area contributed by atoms with Crippen molar-refractivity contribution in [2.75, 3.05) is 10.6 Å². The number of pyridine rings is 1. The molecule has 12 heteroatoms. The van der Waals surface area contributed by atoms with E-state index >= 15 is 0 Å². The molecule has 8 nitrogen and oxygen atoms in total. The molecule has 2 aliphatic rings. The molecule has 36 heavy (non-hydrogen) atoms. The van der Waals surface area contributed by atoms with Gasteiger partial charge in [-0.1, -0.05) is 12.0 Å². The zero-order valence-electron chi connectivity index (χ0n) is 19.3. The first kappa shape index (κ1) is 24.3. The smallest absolute Gasteiger partial charge is 0.354 e. The van der Waals surface area contributed by atoms with E-state index in [-0.39, 0.29) is 41.6 Å². The van der Waals surface area contributed by atoms with Crippen molar-refractivity contribution >= 4 is 32.8 Å². The van der Waals surface area contributed by atoms with Gasteiger partial charge in [-0.3, -0.25) is 0 Å². The Morgan fingerprint density at radius 1 is 1.14 bits per heavy atom. The number of hydrogen-bond acceptors (Lipinski definition) is 7. The standard InChI is InChI=1S/C24H23F3N6O2S/c1-14-10-16(12-18(11-14)36(28,34)35)13-29-22-31-19-7-6-17(5-4-15-2-3-15)30-20(19)21(32-22)33-23(8-9-23)24(25,26)27/h6-7,10-12,15H,2-3,8-9,13H2,1H3,(H2,28,34,35)(H2,29,31,32,33). The van der Waals surface area contributed by atoms with E-state index in [1.165, 1.54) is 12.1 Å². The molecule has 0 radical (unpaired) electrons. The van der Waals surface area contributed by atoms with Gasteiger partial charge in [0.05, 0.1) is 10.4 Å². The number of fused-ring (bicyclic) bond motifs is 1. The number of rotatable bonds is 6. The van der Waals surface area contributed by atoms with E-state index in [0.717, 1.165) is 12.8 Å². The second kappa shape index (κ2) is 8.60. The van der Waals surface area contributed by atoms with Crippen molar-refractivity contribution in [1.82, 2.24) is 15.0 Å². The molecule has 0 unspecified atom stereocenters. The maximum absolute atomic E-state index is 13.7. The van der Waals surface area contributed by atoms with Gasteiger partial charge in [-0.15, -0.1) is 0 Å². The van der Waals surface area contributed by atoms with Crippen LogP contribution in [-0.4, -0.2) is 35.1 Å². The molecular formula is C24H23F3N6O2S. The number of aromatic nitrogens is 3. The molecule has 3 aromatic rings. The fraction of sp³-hybridized carbons (Fsp3) is 0.375. The van der Waals surface area contributed by atoms with Gasteiger partial charge in [-0.05, 0) is 73.9 Å². The number of nitrogens with two attached hydrogens (primary N) is 1. The Kier molecular flexibility index (Phi) is 5.80. The molecule has 0 amide bonds. The summed E-state index contributed by atoms with van der Waals surface area (Å²) < 4.78 is 64.6. The number of anilines is 2. The van der Waals surface area contributed by atoms with Crippen LogP contribution in [-0.2, 0) is 16.6 Å². The summed E-state index contributed by atoms with van der Waals surface area (Å²) >= 11 is 0. The third-order valence-corrected chi connectivity index (χ3v) is 6.96. The molecule has 2 fully saturated rings. The zero-order chi connectivity index (χ0) is 25.7. The van der Waals surface area contributed by atoms with Crippen LogP contribution in [0.5, 0.6) is 0 Å². The first-order valence-electron chi connectivity index (χ1n) is 11.3. The highest BCUT2D eigenvalue weighted by atomic mass is 32.2. The number of primary sulfonamides is 1. The molecule has 188 valence electrons. The Bertz CT molecular complexity index is 1520. The topological polar surface area (TPSA) is 123 Å². The summed E-state index contributed by atoms with van der Waals surface area (Å²) in [5.74, 6) is 6.45. The van der Waals surface area contributed by atoms with Crippen molar-refractivity contribution in [2.24, 2.45) is 11.1 Å². The van der Waals surface area contributed by atoms with Crippen LogP contribution in [0, 0.1) is 24.7 Å². The number of halogens is 3. The third-order valence-electron chi connectivity index (χ3n) is 6.06. The second-order valence-electron chi connectivity index (χ2n) is 9.26. The number of nitrogens with zero attached hydrogens (tertiary/aromatic N) is 3. The lowest BCUT2D eigenvalue weighted by atomic mass is 10.1. The number of aryl methyl sites for hydroxylation is 1. The van der Waals surface area contributed by atoms with Gasteiger partial charge in [-0.25, -0.2) is 23.5 Å². The van der Waals surface area contributed by atoms with Crippen molar-refractivity contribution in [3.05, 3.63) is 47.2 Å². The first-order valence-corrected chi connectivity index (χ1v) is 12.9. The van der Waals surface area contributed by atoms with Crippen LogP contribution < -0.4 is 15.8 Å². The molecule has 2 aromatic heterocycles. The average molecular weight is 517 g/mol. The van der Waals surface area contributed by atoms with Crippen molar-refractivity contribution < 1.29 is 21.6 Å². The van der Waals surface area contributed by atoms with E-state index in [1.54, 1.807) is 25.1 Å². The van der Waals surface area contributed by atoms with Crippen LogP contribution >= 0.6 is 0 Å². The van der Waals surface area contributed by atoms with Gasteiger partial charge in [0.1, 0.15) is 16.7 Å². The van der Waals surface area contributed by atoms with Gasteiger partial charge < -0.3 is 10.6 Å². The SMILES string of the molecule is Cc1cc(CNc2nc(NC3(C(F)(F)F)CC3)c3nc(C#CC4CC4)ccc3n2)cc(S(N)(=O)=O)c1. The van der Waals surface area contributed by atoms with Crippen molar-refractivity contribution in [3.63, 3.8) is 0 Å². The lowest BCUT2D eigenvalue weighted by molar-refractivity contribution is -0.151. The predicted molar refractivity (Wildman–Crippen MR) is 128 cm³/mol. The highest BCUT2D eigenvalue weighted by molar-refractivity contribution is 7.89. The minimum absolute atomic E-state index is 0.0361. The minimum atomic E-state index is -4.45. The fourth-order valence-electron chi connectivity index (χ4n) is 3.76. The lowest BCUT2D eigenvalue weighted by Gasteiger charge is -2.22. The molecule has 0 spiro atoms. The van der Waals surface area contributed by atoms with Crippen LogP contribution in [0.1, 0.15) is 42.5 Å². The number of benzene rings is 1. The maximum Gasteiger partial charge on any atom is 0.411 e. The second-order valence-corrected chi connectivity index (χ2v) is 10.8. The van der Waals surface area contributed by atoms with Gasteiger partial charge in [0.25, 0.3) is 0 Å². The Labute approximate surface area is 206 Å². The Balaban J connectivity index is 1.49. The summed E-state index contributed by atoms with van der Waals surface area (Å²) in [6.45, 7) is 1.85. The van der Waals surface area contributed by atoms with E-state index in [4.69, 9.17) is 5.14 Å². The lowest BCUT2D eigenvalue weighted by Crippen LogP contribution is -2.39. The monoisotopic (exact) mass is 516 g/mol. The molecule has 1 aromatic carbocycles. The van der Waals surface area contributed by atoms with Crippen LogP contribution in [0.3, 0.4) is 0 Å². The van der Waals surface area contributed by atoms with Crippen molar-refractivity contribution in [3.8, 4) is 11.8 Å². The number of nitrogens with one attached hydrogen (secondary N) is 2. The van der Waals surface area contributed by atoms with E-state index in [1.807, 2.05) is 0 Å². The van der Waals surface area contributed by atoms with E-state index in [9.17, 15) is 21.6 Å². The van der Waals surface area contributed by atoms with Crippen molar-refractivity contribution in [1.29, 1.82) is 0 Å². The molecule has 4 N–H and O–H groups in total. The van der Waals surface area contributed by atoms with Gasteiger partial charge in [0, 0.05) is 12.5 Å². The minimum Gasteiger partial charge on any atom is -0.354 e. The number of hydrogen-bond donors (Lipinski definition) is 3. The van der Waals surface area contributed by atoms with E-state index < -0.39 is 21.7 Å². The zero-order valence-corrected chi connectivity index (χ0v) is 20.1. The van der Waals surface area contributed by atoms with Crippen LogP contribution in [0.25, 0.3) is 11.0 Å². The predicted octanol–water partition coefficient (Wildman–Crippen LogP) is 3.86. The molecular weight excluding hydrogens is 493 g/mol. The summed E-state index contributed by atoms with van der Waals surface area (Å²) in [5, 5.41) is 10.8. The Hall–Kier alpha value is -3.43. The Morgan fingerprint density at radius 3 is 2.53 bits per heavy atom. The third kappa shape index (κ3) is 5.22. The molecule has 5 rings (SSSR count). The molecule has 2 heterocycles. The van der Waals surface area contributed by atoms with Crippen LogP contribution in [0.2, 0.25) is 0 Å². The molecule has 0 bridgehead atoms. The maximum atomic E-state index is 13.7. The highest BCUT2D eigenvalue weighted by Crippen LogP contribution is 2.51. The van der Waals surface area contributed by atoms with Gasteiger partial charge in [0.2, 0.25) is 16.0 Å². The molecule has 2 saturated carbocycles. The Morgan fingerprint density at radius 2 is 1.89 bits per heavy atom. The summed E-state index contributed by atoms with van der Waals surface area (Å²) in [6, 6.07) is 7.96. The van der Waals surface area contributed by atoms with E-state index in [2.05, 4.69) is 37.4 Å². The normalized spacial score (nSPS) is 16.8. The molecule has 0 atom stereocenters. The van der Waals surface area contributed by atoms with Crippen molar-refractivity contribution in [2.45, 2.75) is 55.8 Å². The summed E-state index contributed by atoms with van der Waals surface area (Å²) in [5.41, 5.74) is 0.211. The highest BCUT2D eigenvalue weighted by Gasteiger charge is 2.64. The van der Waals surface area contributed by atoms with E-state index in [0.29, 0.717) is 28.3 Å². The average Bonchev–Trinajstić information content (AvgIpc) is 3.71. The van der Waals surface area contributed by atoms with Gasteiger partial charge in [-0.2, -0.15) is 18.2 Å². The largest absolute Gasteiger partial charge is 0.411 e. The van der Waals surface area contributed by atoms with Gasteiger partial charge >= 0.3 is 6.18 Å². The first-order chi connectivity index (χ1) is 16.9. The molecule has 0 aliphatic heterocycles. The van der Waals surface area contributed by atoms with Crippen LogP contribution in [0.15, 0.2) is 35.2 Å². The van der Waals surface area contributed by atoms with Crippen LogP contribution in [0.4, 0.5) is 24.9 Å². The summed E-state index contributed by atoms with van der Waals surface area (Å²) in [4.78, 5) is 13.1. The fourth-order valence-corrected chi connectivity index (χ4v) is 4.42. The quantitative estimate of drug-likeness (QED) is 0.425. The summed E-state index contributed by atoms with van der Waals surface area (Å²) in [6.07, 6.45) is -2.50. The number of alkyl halides is 3. The summed E-state index contributed by atoms with van der Waals surface area (Å²) in [7, 11) is -3.90.